The molecule has 5 heteroatoms. The Hall–Kier alpha value is -2.04. The molecule has 0 aromatic heterocycles. The Bertz CT molecular complexity index is 510. The molecule has 2 N–H and O–H groups in total. The van der Waals surface area contributed by atoms with Gasteiger partial charge in [0.2, 0.25) is 11.8 Å². The Balaban J connectivity index is 2.09. The van der Waals surface area contributed by atoms with E-state index < -0.39 is 6.04 Å². The Morgan fingerprint density at radius 3 is 2.52 bits per heavy atom. The number of carbonyl (C=O) groups is 2. The van der Waals surface area contributed by atoms with Crippen LogP contribution in [0.25, 0.3) is 0 Å². The molecule has 0 aliphatic carbocycles. The van der Waals surface area contributed by atoms with Crippen molar-refractivity contribution in [2.75, 3.05) is 23.3 Å². The second-order valence-corrected chi connectivity index (χ2v) is 5.35. The van der Waals surface area contributed by atoms with Gasteiger partial charge in [-0.2, -0.15) is 0 Å². The number of hydrogen-bond acceptors (Lipinski definition) is 4. The third-order valence-electron chi connectivity index (χ3n) is 3.51. The average molecular weight is 289 g/mol. The molecule has 2 rings (SSSR count). The third-order valence-corrected chi connectivity index (χ3v) is 3.51. The van der Waals surface area contributed by atoms with Crippen molar-refractivity contribution in [3.05, 3.63) is 24.3 Å². The van der Waals surface area contributed by atoms with Gasteiger partial charge >= 0.3 is 0 Å². The summed E-state index contributed by atoms with van der Waals surface area (Å²) in [6, 6.07) is 7.57. The minimum Gasteiger partial charge on any atom is -0.373 e. The molecule has 1 aromatic carbocycles. The summed E-state index contributed by atoms with van der Waals surface area (Å²) < 4.78 is 0. The zero-order valence-electron chi connectivity index (χ0n) is 12.7. The first-order valence-corrected chi connectivity index (χ1v) is 7.59. The normalized spacial score (nSPS) is 17.7. The smallest absolute Gasteiger partial charge is 0.249 e. The second kappa shape index (κ2) is 7.11. The molecule has 1 aliphatic heterocycles. The highest BCUT2D eigenvalue weighted by molar-refractivity contribution is 6.06. The number of anilines is 2. The summed E-state index contributed by atoms with van der Waals surface area (Å²) in [5.41, 5.74) is 2.02. The van der Waals surface area contributed by atoms with Crippen LogP contribution in [0.4, 0.5) is 11.4 Å². The summed E-state index contributed by atoms with van der Waals surface area (Å²) in [6.07, 6.45) is 2.39. The van der Waals surface area contributed by atoms with Crippen molar-refractivity contribution < 1.29 is 9.59 Å². The third kappa shape index (κ3) is 3.97. The van der Waals surface area contributed by atoms with Crippen molar-refractivity contribution in [2.24, 2.45) is 0 Å². The Morgan fingerprint density at radius 1 is 1.24 bits per heavy atom. The summed E-state index contributed by atoms with van der Waals surface area (Å²) >= 11 is 0. The molecule has 0 saturated carbocycles. The lowest BCUT2D eigenvalue weighted by Gasteiger charge is -2.24. The van der Waals surface area contributed by atoms with Gasteiger partial charge < -0.3 is 10.2 Å². The first-order chi connectivity index (χ1) is 10.1. The quantitative estimate of drug-likeness (QED) is 0.755. The molecule has 1 unspecified atom stereocenters. The summed E-state index contributed by atoms with van der Waals surface area (Å²) in [4.78, 5) is 25.2. The van der Waals surface area contributed by atoms with E-state index in [1.165, 1.54) is 0 Å². The minimum atomic E-state index is -0.460. The Labute approximate surface area is 125 Å². The van der Waals surface area contributed by atoms with Crippen LogP contribution in [0.3, 0.4) is 0 Å². The van der Waals surface area contributed by atoms with Gasteiger partial charge in [0.25, 0.3) is 0 Å². The van der Waals surface area contributed by atoms with Crippen molar-refractivity contribution in [1.29, 1.82) is 0 Å². The SMILES string of the molecule is CCCN(CCC)c1cccc(NC2CC(=O)NC2=O)c1. The maximum absolute atomic E-state index is 11.6. The van der Waals surface area contributed by atoms with Gasteiger partial charge in [0.1, 0.15) is 6.04 Å². The van der Waals surface area contributed by atoms with Gasteiger partial charge in [-0.05, 0) is 31.0 Å². The molecule has 21 heavy (non-hydrogen) atoms. The van der Waals surface area contributed by atoms with Crippen LogP contribution in [-0.4, -0.2) is 30.9 Å². The molecule has 0 spiro atoms. The fourth-order valence-electron chi connectivity index (χ4n) is 2.57. The highest BCUT2D eigenvalue weighted by Gasteiger charge is 2.30. The van der Waals surface area contributed by atoms with Crippen molar-refractivity contribution in [3.63, 3.8) is 0 Å². The van der Waals surface area contributed by atoms with Crippen LogP contribution in [0.5, 0.6) is 0 Å². The summed E-state index contributed by atoms with van der Waals surface area (Å²) in [6.45, 7) is 6.36. The fraction of sp³-hybridized carbons (Fsp3) is 0.500. The molecule has 1 aromatic rings. The van der Waals surface area contributed by atoms with E-state index in [1.807, 2.05) is 18.2 Å². The van der Waals surface area contributed by atoms with Gasteiger partial charge in [0, 0.05) is 24.5 Å². The molecule has 1 fully saturated rings. The number of hydrogen-bond donors (Lipinski definition) is 2. The van der Waals surface area contributed by atoms with Crippen molar-refractivity contribution in [2.45, 2.75) is 39.2 Å². The van der Waals surface area contributed by atoms with Gasteiger partial charge in [-0.25, -0.2) is 0 Å². The van der Waals surface area contributed by atoms with E-state index in [0.29, 0.717) is 0 Å². The van der Waals surface area contributed by atoms with E-state index in [0.717, 1.165) is 37.3 Å². The largest absolute Gasteiger partial charge is 0.373 e. The number of imide groups is 1. The maximum Gasteiger partial charge on any atom is 0.249 e. The van der Waals surface area contributed by atoms with E-state index in [1.54, 1.807) is 0 Å². The van der Waals surface area contributed by atoms with E-state index in [9.17, 15) is 9.59 Å². The van der Waals surface area contributed by atoms with Crippen LogP contribution in [0.15, 0.2) is 24.3 Å². The molecular weight excluding hydrogens is 266 g/mol. The average Bonchev–Trinajstić information content (AvgIpc) is 2.77. The summed E-state index contributed by atoms with van der Waals surface area (Å²) in [5.74, 6) is -0.461. The van der Waals surface area contributed by atoms with Crippen LogP contribution in [0.2, 0.25) is 0 Å². The van der Waals surface area contributed by atoms with Crippen LogP contribution in [-0.2, 0) is 9.59 Å². The van der Waals surface area contributed by atoms with Crippen molar-refractivity contribution in [1.82, 2.24) is 5.32 Å². The molecule has 2 amide bonds. The van der Waals surface area contributed by atoms with Crippen LogP contribution < -0.4 is 15.5 Å². The van der Waals surface area contributed by atoms with E-state index in [-0.39, 0.29) is 18.2 Å². The molecule has 114 valence electrons. The van der Waals surface area contributed by atoms with E-state index in [2.05, 4.69) is 35.4 Å². The minimum absolute atomic E-state index is 0.205. The first kappa shape index (κ1) is 15.4. The van der Waals surface area contributed by atoms with E-state index in [4.69, 9.17) is 0 Å². The van der Waals surface area contributed by atoms with Crippen LogP contribution >= 0.6 is 0 Å². The Kier molecular flexibility index (Phi) is 5.20. The number of carbonyl (C=O) groups excluding carboxylic acids is 2. The molecule has 5 nitrogen and oxygen atoms in total. The zero-order valence-corrected chi connectivity index (χ0v) is 12.7. The highest BCUT2D eigenvalue weighted by atomic mass is 16.2. The van der Waals surface area contributed by atoms with Gasteiger partial charge in [0.05, 0.1) is 6.42 Å². The number of nitrogens with one attached hydrogen (secondary N) is 2. The highest BCUT2D eigenvalue weighted by Crippen LogP contribution is 2.21. The standard InChI is InChI=1S/C16H23N3O2/c1-3-8-19(9-4-2)13-7-5-6-12(10-13)17-14-11-15(20)18-16(14)21/h5-7,10,14,17H,3-4,8-9,11H2,1-2H3,(H,18,20,21). The molecule has 0 radical (unpaired) electrons. The van der Waals surface area contributed by atoms with E-state index >= 15 is 0 Å². The molecule has 1 saturated heterocycles. The zero-order chi connectivity index (χ0) is 15.2. The predicted molar refractivity (Wildman–Crippen MR) is 84.4 cm³/mol. The van der Waals surface area contributed by atoms with Crippen molar-refractivity contribution >= 4 is 23.2 Å². The van der Waals surface area contributed by atoms with Crippen LogP contribution in [0, 0.1) is 0 Å². The summed E-state index contributed by atoms with van der Waals surface area (Å²) in [5, 5.41) is 5.46. The second-order valence-electron chi connectivity index (χ2n) is 5.35. The van der Waals surface area contributed by atoms with Crippen LogP contribution in [0.1, 0.15) is 33.1 Å². The number of benzene rings is 1. The molecule has 1 atom stereocenters. The Morgan fingerprint density at radius 2 is 1.95 bits per heavy atom. The lowest BCUT2D eigenvalue weighted by Crippen LogP contribution is -2.30. The van der Waals surface area contributed by atoms with Crippen molar-refractivity contribution in [3.8, 4) is 0 Å². The predicted octanol–water partition coefficient (Wildman–Crippen LogP) is 2.14. The maximum atomic E-state index is 11.6. The molecule has 1 heterocycles. The first-order valence-electron chi connectivity index (χ1n) is 7.59. The van der Waals surface area contributed by atoms with Gasteiger partial charge in [-0.3, -0.25) is 14.9 Å². The lowest BCUT2D eigenvalue weighted by atomic mass is 10.2. The molecule has 0 bridgehead atoms. The number of rotatable bonds is 7. The monoisotopic (exact) mass is 289 g/mol. The number of amides is 2. The number of nitrogens with zero attached hydrogens (tertiary/aromatic N) is 1. The topological polar surface area (TPSA) is 61.4 Å². The summed E-state index contributed by atoms with van der Waals surface area (Å²) in [7, 11) is 0. The molecular formula is C16H23N3O2. The van der Waals surface area contributed by atoms with Gasteiger partial charge in [0.15, 0.2) is 0 Å². The van der Waals surface area contributed by atoms with Gasteiger partial charge in [-0.15, -0.1) is 0 Å². The fourth-order valence-corrected chi connectivity index (χ4v) is 2.57. The van der Waals surface area contributed by atoms with Gasteiger partial charge in [-0.1, -0.05) is 19.9 Å². The molecule has 1 aliphatic rings. The lowest BCUT2D eigenvalue weighted by molar-refractivity contribution is -0.124.